The molecule has 184 valence electrons. The number of esters is 1. The van der Waals surface area contributed by atoms with Gasteiger partial charge in [0.25, 0.3) is 5.91 Å². The van der Waals surface area contributed by atoms with Crippen LogP contribution in [-0.4, -0.2) is 31.1 Å². The second kappa shape index (κ2) is 10.6. The molecule has 0 saturated carbocycles. The highest BCUT2D eigenvalue weighted by molar-refractivity contribution is 6.31. The molecule has 2 aromatic carbocycles. The average molecular weight is 513 g/mol. The SMILES string of the molecule is CCOC(=O)CNC(=O)Oc1ccc(Cl)cc1C(=O)Nc1cc(C(F)(F)F)cc(C(F)(F)F)c1. The van der Waals surface area contributed by atoms with Gasteiger partial charge in [0, 0.05) is 10.7 Å². The highest BCUT2D eigenvalue weighted by Crippen LogP contribution is 2.37. The fourth-order valence-corrected chi connectivity index (χ4v) is 2.66. The van der Waals surface area contributed by atoms with Gasteiger partial charge in [0.1, 0.15) is 12.3 Å². The molecule has 2 aromatic rings. The zero-order valence-electron chi connectivity index (χ0n) is 17.1. The van der Waals surface area contributed by atoms with Crippen molar-refractivity contribution in [1.82, 2.24) is 5.32 Å². The number of carbonyl (C=O) groups excluding carboxylic acids is 3. The summed E-state index contributed by atoms with van der Waals surface area (Å²) in [4.78, 5) is 35.8. The number of anilines is 1. The van der Waals surface area contributed by atoms with Gasteiger partial charge in [-0.3, -0.25) is 9.59 Å². The van der Waals surface area contributed by atoms with Crippen molar-refractivity contribution < 1.29 is 50.2 Å². The summed E-state index contributed by atoms with van der Waals surface area (Å²) < 4.78 is 87.7. The van der Waals surface area contributed by atoms with Crippen LogP contribution in [0.25, 0.3) is 0 Å². The molecule has 0 atom stereocenters. The first-order valence-electron chi connectivity index (χ1n) is 9.22. The van der Waals surface area contributed by atoms with Crippen LogP contribution in [0, 0.1) is 0 Å². The average Bonchev–Trinajstić information content (AvgIpc) is 2.72. The normalized spacial score (nSPS) is 11.5. The fourth-order valence-electron chi connectivity index (χ4n) is 2.49. The number of rotatable bonds is 6. The lowest BCUT2D eigenvalue weighted by Crippen LogP contribution is -2.33. The second-order valence-electron chi connectivity index (χ2n) is 6.44. The zero-order valence-corrected chi connectivity index (χ0v) is 17.8. The Hall–Kier alpha value is -3.48. The van der Waals surface area contributed by atoms with Gasteiger partial charge in [0.2, 0.25) is 0 Å². The van der Waals surface area contributed by atoms with Gasteiger partial charge in [-0.25, -0.2) is 4.79 Å². The first-order valence-corrected chi connectivity index (χ1v) is 9.60. The third kappa shape index (κ3) is 7.54. The summed E-state index contributed by atoms with van der Waals surface area (Å²) >= 11 is 5.81. The molecule has 0 heterocycles. The molecule has 0 unspecified atom stereocenters. The standard InChI is InChI=1S/C20H15ClF6N2O5/c1-2-33-16(30)9-28-18(32)34-15-4-3-12(21)8-14(15)17(31)29-13-6-10(19(22,23)24)5-11(7-13)20(25,26)27/h3-8H,2,9H2,1H3,(H,28,32)(H,29,31). The minimum Gasteiger partial charge on any atom is -0.465 e. The lowest BCUT2D eigenvalue weighted by Gasteiger charge is -2.15. The summed E-state index contributed by atoms with van der Waals surface area (Å²) in [5.74, 6) is -2.44. The first kappa shape index (κ1) is 26.8. The first-order chi connectivity index (χ1) is 15.7. The number of hydrogen-bond acceptors (Lipinski definition) is 5. The Labute approximate surface area is 193 Å². The summed E-state index contributed by atoms with van der Waals surface area (Å²) in [5, 5.41) is 3.90. The number of carbonyl (C=O) groups is 3. The van der Waals surface area contributed by atoms with E-state index >= 15 is 0 Å². The van der Waals surface area contributed by atoms with Gasteiger partial charge in [-0.15, -0.1) is 0 Å². The van der Waals surface area contributed by atoms with Crippen LogP contribution in [0.5, 0.6) is 5.75 Å². The molecule has 0 aromatic heterocycles. The quantitative estimate of drug-likeness (QED) is 0.406. The van der Waals surface area contributed by atoms with Gasteiger partial charge in [0.15, 0.2) is 0 Å². The summed E-state index contributed by atoms with van der Waals surface area (Å²) in [6, 6.07) is 3.77. The smallest absolute Gasteiger partial charge is 0.416 e. The molecule has 34 heavy (non-hydrogen) atoms. The van der Waals surface area contributed by atoms with Crippen molar-refractivity contribution in [2.75, 3.05) is 18.5 Å². The van der Waals surface area contributed by atoms with Crippen LogP contribution < -0.4 is 15.4 Å². The van der Waals surface area contributed by atoms with E-state index in [1.54, 1.807) is 0 Å². The van der Waals surface area contributed by atoms with E-state index in [1.807, 2.05) is 10.6 Å². The van der Waals surface area contributed by atoms with E-state index in [4.69, 9.17) is 16.3 Å². The third-order valence-electron chi connectivity index (χ3n) is 3.92. The number of benzene rings is 2. The van der Waals surface area contributed by atoms with Crippen molar-refractivity contribution >= 4 is 35.3 Å². The topological polar surface area (TPSA) is 93.7 Å². The lowest BCUT2D eigenvalue weighted by atomic mass is 10.1. The molecular weight excluding hydrogens is 498 g/mol. The Morgan fingerprint density at radius 2 is 1.53 bits per heavy atom. The Morgan fingerprint density at radius 1 is 0.941 bits per heavy atom. The summed E-state index contributed by atoms with van der Waals surface area (Å²) in [6.45, 7) is 1.03. The molecule has 0 aliphatic heterocycles. The third-order valence-corrected chi connectivity index (χ3v) is 4.15. The number of hydrogen-bond donors (Lipinski definition) is 2. The summed E-state index contributed by atoms with van der Waals surface area (Å²) in [6.07, 6.45) is -11.4. The van der Waals surface area contributed by atoms with Crippen LogP contribution in [0.15, 0.2) is 36.4 Å². The predicted molar refractivity (Wildman–Crippen MR) is 107 cm³/mol. The van der Waals surface area contributed by atoms with E-state index < -0.39 is 65.0 Å². The monoisotopic (exact) mass is 512 g/mol. The van der Waals surface area contributed by atoms with Crippen LogP contribution >= 0.6 is 11.6 Å². The van der Waals surface area contributed by atoms with E-state index in [0.29, 0.717) is 12.1 Å². The summed E-state index contributed by atoms with van der Waals surface area (Å²) in [5.41, 5.74) is -4.58. The van der Waals surface area contributed by atoms with Crippen molar-refractivity contribution in [2.24, 2.45) is 0 Å². The van der Waals surface area contributed by atoms with Crippen molar-refractivity contribution in [3.63, 3.8) is 0 Å². The van der Waals surface area contributed by atoms with Crippen LogP contribution in [0.4, 0.5) is 36.8 Å². The molecule has 0 spiro atoms. The highest BCUT2D eigenvalue weighted by atomic mass is 35.5. The largest absolute Gasteiger partial charge is 0.465 e. The molecule has 0 saturated heterocycles. The van der Waals surface area contributed by atoms with E-state index in [9.17, 15) is 40.7 Å². The van der Waals surface area contributed by atoms with Crippen molar-refractivity contribution in [3.05, 3.63) is 58.1 Å². The van der Waals surface area contributed by atoms with Crippen molar-refractivity contribution in [1.29, 1.82) is 0 Å². The Morgan fingerprint density at radius 3 is 2.06 bits per heavy atom. The maximum absolute atomic E-state index is 13.0. The van der Waals surface area contributed by atoms with Crippen LogP contribution in [0.1, 0.15) is 28.4 Å². The van der Waals surface area contributed by atoms with E-state index in [1.165, 1.54) is 13.0 Å². The van der Waals surface area contributed by atoms with Crippen molar-refractivity contribution in [3.8, 4) is 5.75 Å². The minimum absolute atomic E-state index is 0.0514. The van der Waals surface area contributed by atoms with Gasteiger partial charge < -0.3 is 20.1 Å². The van der Waals surface area contributed by atoms with Crippen molar-refractivity contribution in [2.45, 2.75) is 19.3 Å². The highest BCUT2D eigenvalue weighted by Gasteiger charge is 2.37. The zero-order chi connectivity index (χ0) is 25.7. The molecule has 0 aliphatic rings. The van der Waals surface area contributed by atoms with Crippen LogP contribution in [0.3, 0.4) is 0 Å². The van der Waals surface area contributed by atoms with Gasteiger partial charge >= 0.3 is 24.4 Å². The van der Waals surface area contributed by atoms with Crippen LogP contribution in [-0.2, 0) is 21.9 Å². The Bertz CT molecular complexity index is 1060. The minimum atomic E-state index is -5.12. The molecule has 0 radical (unpaired) electrons. The molecule has 7 nitrogen and oxygen atoms in total. The second-order valence-corrected chi connectivity index (χ2v) is 6.87. The van der Waals surface area contributed by atoms with E-state index in [-0.39, 0.29) is 17.7 Å². The molecule has 2 amide bonds. The van der Waals surface area contributed by atoms with Crippen LogP contribution in [0.2, 0.25) is 5.02 Å². The number of halogens is 7. The predicted octanol–water partition coefficient (Wildman–Crippen LogP) is 5.28. The molecule has 0 bridgehead atoms. The van der Waals surface area contributed by atoms with E-state index in [2.05, 4.69) is 4.74 Å². The maximum Gasteiger partial charge on any atom is 0.416 e. The molecular formula is C20H15ClF6N2O5. The molecule has 2 rings (SSSR count). The summed E-state index contributed by atoms with van der Waals surface area (Å²) in [7, 11) is 0. The van der Waals surface area contributed by atoms with Gasteiger partial charge in [-0.05, 0) is 43.3 Å². The number of amides is 2. The van der Waals surface area contributed by atoms with E-state index in [0.717, 1.165) is 12.1 Å². The van der Waals surface area contributed by atoms with Gasteiger partial charge in [-0.2, -0.15) is 26.3 Å². The molecule has 0 aliphatic carbocycles. The Balaban J connectivity index is 2.30. The lowest BCUT2D eigenvalue weighted by molar-refractivity contribution is -0.143. The Kier molecular flexibility index (Phi) is 8.37. The molecule has 0 fully saturated rings. The molecule has 2 N–H and O–H groups in total. The maximum atomic E-state index is 13.0. The van der Waals surface area contributed by atoms with Gasteiger partial charge in [-0.1, -0.05) is 11.6 Å². The fraction of sp³-hybridized carbons (Fsp3) is 0.250. The van der Waals surface area contributed by atoms with Gasteiger partial charge in [0.05, 0.1) is 23.3 Å². The number of nitrogens with one attached hydrogen (secondary N) is 2. The number of alkyl halides is 6. The molecule has 14 heteroatoms. The number of ether oxygens (including phenoxy) is 2.